The SMILES string of the molecule is CC.COC(/C=C/P(O)O)[C@H](Cc1ccccc1)OC. The van der Waals surface area contributed by atoms with Gasteiger partial charge in [-0.3, -0.25) is 0 Å². The van der Waals surface area contributed by atoms with Gasteiger partial charge in [0.1, 0.15) is 6.10 Å². The second kappa shape index (κ2) is 12.0. The van der Waals surface area contributed by atoms with Gasteiger partial charge in [0.2, 0.25) is 0 Å². The van der Waals surface area contributed by atoms with E-state index in [0.717, 1.165) is 5.56 Å². The maximum Gasteiger partial charge on any atom is 0.191 e. The molecule has 0 aromatic heterocycles. The lowest BCUT2D eigenvalue weighted by Gasteiger charge is -2.22. The predicted molar refractivity (Wildman–Crippen MR) is 83.6 cm³/mol. The number of hydrogen-bond acceptors (Lipinski definition) is 4. The van der Waals surface area contributed by atoms with Gasteiger partial charge < -0.3 is 19.3 Å². The topological polar surface area (TPSA) is 58.9 Å². The molecule has 0 bridgehead atoms. The number of rotatable bonds is 7. The molecule has 0 saturated carbocycles. The highest BCUT2D eigenvalue weighted by atomic mass is 31.2. The van der Waals surface area contributed by atoms with Crippen LogP contribution in [-0.4, -0.2) is 36.2 Å². The molecular weight excluding hydrogens is 275 g/mol. The molecule has 0 saturated heterocycles. The maximum atomic E-state index is 8.88. The molecule has 0 radical (unpaired) electrons. The zero-order valence-electron chi connectivity index (χ0n) is 12.6. The first-order valence-electron chi connectivity index (χ1n) is 6.62. The van der Waals surface area contributed by atoms with E-state index in [4.69, 9.17) is 19.3 Å². The molecule has 1 aromatic carbocycles. The van der Waals surface area contributed by atoms with Crippen LogP contribution in [0.15, 0.2) is 42.2 Å². The smallest absolute Gasteiger partial charge is 0.191 e. The summed E-state index contributed by atoms with van der Waals surface area (Å²) in [6, 6.07) is 9.95. The van der Waals surface area contributed by atoms with Gasteiger partial charge >= 0.3 is 0 Å². The van der Waals surface area contributed by atoms with E-state index in [9.17, 15) is 0 Å². The van der Waals surface area contributed by atoms with Gasteiger partial charge in [-0.1, -0.05) is 44.2 Å². The second-order valence-electron chi connectivity index (χ2n) is 3.83. The Morgan fingerprint density at radius 2 is 1.70 bits per heavy atom. The fraction of sp³-hybridized carbons (Fsp3) is 0.467. The number of ether oxygens (including phenoxy) is 2. The number of hydrogen-bond donors (Lipinski definition) is 2. The maximum absolute atomic E-state index is 8.88. The third-order valence-corrected chi connectivity index (χ3v) is 3.07. The third kappa shape index (κ3) is 7.73. The molecule has 114 valence electrons. The number of methoxy groups -OCH3 is 2. The summed E-state index contributed by atoms with van der Waals surface area (Å²) in [6.45, 7) is 4.00. The van der Waals surface area contributed by atoms with Crippen LogP contribution >= 0.6 is 8.38 Å². The highest BCUT2D eigenvalue weighted by molar-refractivity contribution is 7.48. The largest absolute Gasteiger partial charge is 0.378 e. The Balaban J connectivity index is 0.00000172. The van der Waals surface area contributed by atoms with Gasteiger partial charge in [-0.05, 0) is 17.5 Å². The van der Waals surface area contributed by atoms with Gasteiger partial charge in [0.15, 0.2) is 8.38 Å². The molecule has 0 fully saturated rings. The van der Waals surface area contributed by atoms with Gasteiger partial charge in [0.05, 0.1) is 6.10 Å². The minimum Gasteiger partial charge on any atom is -0.378 e. The summed E-state index contributed by atoms with van der Waals surface area (Å²) in [5.74, 6) is 1.33. The van der Waals surface area contributed by atoms with Crippen molar-refractivity contribution in [2.75, 3.05) is 14.2 Å². The average Bonchev–Trinajstić information content (AvgIpc) is 2.49. The van der Waals surface area contributed by atoms with Crippen molar-refractivity contribution >= 4 is 8.38 Å². The molecule has 0 aliphatic heterocycles. The van der Waals surface area contributed by atoms with E-state index in [1.54, 1.807) is 20.3 Å². The lowest BCUT2D eigenvalue weighted by Crippen LogP contribution is -2.30. The van der Waals surface area contributed by atoms with Crippen molar-refractivity contribution in [1.29, 1.82) is 0 Å². The van der Waals surface area contributed by atoms with E-state index < -0.39 is 8.38 Å². The highest BCUT2D eigenvalue weighted by Crippen LogP contribution is 2.25. The standard InChI is InChI=1S/C13H19O4P.C2H6/c1-16-12(8-9-18(14)15)13(17-2)10-11-6-4-3-5-7-11;1-2/h3-9,12-15H,10H2,1-2H3;1-2H3/b9-8+;/t12?,13-;/m0./s1. The van der Waals surface area contributed by atoms with Crippen LogP contribution in [-0.2, 0) is 15.9 Å². The van der Waals surface area contributed by atoms with Crippen LogP contribution in [0.5, 0.6) is 0 Å². The monoisotopic (exact) mass is 300 g/mol. The number of benzene rings is 1. The first-order valence-corrected chi connectivity index (χ1v) is 7.93. The third-order valence-electron chi connectivity index (χ3n) is 2.63. The Morgan fingerprint density at radius 3 is 2.15 bits per heavy atom. The van der Waals surface area contributed by atoms with Crippen molar-refractivity contribution in [3.8, 4) is 0 Å². The average molecular weight is 300 g/mol. The van der Waals surface area contributed by atoms with Crippen molar-refractivity contribution in [1.82, 2.24) is 0 Å². The Hall–Kier alpha value is -0.770. The van der Waals surface area contributed by atoms with E-state index >= 15 is 0 Å². The van der Waals surface area contributed by atoms with E-state index in [2.05, 4.69) is 0 Å². The van der Waals surface area contributed by atoms with Gasteiger partial charge in [-0.25, -0.2) is 0 Å². The van der Waals surface area contributed by atoms with Crippen LogP contribution in [0.4, 0.5) is 0 Å². The lowest BCUT2D eigenvalue weighted by molar-refractivity contribution is -0.0106. The van der Waals surface area contributed by atoms with E-state index in [-0.39, 0.29) is 12.2 Å². The molecule has 4 nitrogen and oxygen atoms in total. The van der Waals surface area contributed by atoms with Crippen molar-refractivity contribution in [3.05, 3.63) is 47.8 Å². The quantitative estimate of drug-likeness (QED) is 0.760. The van der Waals surface area contributed by atoms with Crippen molar-refractivity contribution in [2.24, 2.45) is 0 Å². The van der Waals surface area contributed by atoms with Crippen LogP contribution in [0, 0.1) is 0 Å². The molecule has 1 unspecified atom stereocenters. The van der Waals surface area contributed by atoms with Crippen LogP contribution < -0.4 is 0 Å². The second-order valence-corrected chi connectivity index (χ2v) is 4.77. The van der Waals surface area contributed by atoms with Crippen LogP contribution in [0.25, 0.3) is 0 Å². The van der Waals surface area contributed by atoms with E-state index in [1.807, 2.05) is 44.2 Å². The van der Waals surface area contributed by atoms with E-state index in [0.29, 0.717) is 6.42 Å². The molecule has 0 aliphatic carbocycles. The van der Waals surface area contributed by atoms with Crippen molar-refractivity contribution in [2.45, 2.75) is 32.5 Å². The zero-order chi connectivity index (χ0) is 15.4. The van der Waals surface area contributed by atoms with Gasteiger partial charge in [-0.2, -0.15) is 0 Å². The summed E-state index contributed by atoms with van der Waals surface area (Å²) >= 11 is 0. The molecule has 1 rings (SSSR count). The van der Waals surface area contributed by atoms with Gasteiger partial charge in [0.25, 0.3) is 0 Å². The molecule has 0 spiro atoms. The summed E-state index contributed by atoms with van der Waals surface area (Å²) in [4.78, 5) is 17.8. The molecule has 0 heterocycles. The minimum atomic E-state index is -2.04. The molecule has 0 aliphatic rings. The summed E-state index contributed by atoms with van der Waals surface area (Å²) < 4.78 is 10.7. The van der Waals surface area contributed by atoms with Crippen LogP contribution in [0.3, 0.4) is 0 Å². The normalized spacial score (nSPS) is 13.9. The van der Waals surface area contributed by atoms with Crippen molar-refractivity contribution in [3.63, 3.8) is 0 Å². The van der Waals surface area contributed by atoms with Crippen LogP contribution in [0.1, 0.15) is 19.4 Å². The minimum absolute atomic E-state index is 0.163. The molecule has 2 N–H and O–H groups in total. The highest BCUT2D eigenvalue weighted by Gasteiger charge is 2.19. The van der Waals surface area contributed by atoms with Crippen LogP contribution in [0.2, 0.25) is 0 Å². The molecule has 5 heteroatoms. The first kappa shape index (κ1) is 19.2. The molecular formula is C15H25O4P. The predicted octanol–water partition coefficient (Wildman–Crippen LogP) is 3.10. The summed E-state index contributed by atoms with van der Waals surface area (Å²) in [5, 5.41) is 0. The Morgan fingerprint density at radius 1 is 1.10 bits per heavy atom. The fourth-order valence-electron chi connectivity index (χ4n) is 1.70. The van der Waals surface area contributed by atoms with Crippen molar-refractivity contribution < 1.29 is 19.3 Å². The summed E-state index contributed by atoms with van der Waals surface area (Å²) in [5.41, 5.74) is 1.15. The van der Waals surface area contributed by atoms with E-state index in [1.165, 1.54) is 5.82 Å². The molecule has 2 atom stereocenters. The molecule has 20 heavy (non-hydrogen) atoms. The Labute approximate surface area is 123 Å². The molecule has 0 amide bonds. The van der Waals surface area contributed by atoms with Gasteiger partial charge in [-0.15, -0.1) is 0 Å². The zero-order valence-corrected chi connectivity index (χ0v) is 13.5. The lowest BCUT2D eigenvalue weighted by atomic mass is 10.0. The Bertz CT molecular complexity index is 354. The summed E-state index contributed by atoms with van der Waals surface area (Å²) in [7, 11) is 1.15. The summed E-state index contributed by atoms with van der Waals surface area (Å²) in [6.07, 6.45) is 1.86. The fourth-order valence-corrected chi connectivity index (χ4v) is 2.02. The first-order chi connectivity index (χ1) is 9.67. The van der Waals surface area contributed by atoms with Gasteiger partial charge in [0, 0.05) is 20.6 Å². The Kier molecular flexibility index (Phi) is 11.5. The molecule has 1 aromatic rings.